The molecule has 2 aliphatic heterocycles. The van der Waals surface area contributed by atoms with Crippen molar-refractivity contribution in [2.45, 2.75) is 70.4 Å². The standard InChI is InChI=1S/C23H31FN2O8P2/c1-14(2)32-21(30)15(3)25-36(35,34-17-8-6-5-7-9-17)31-13-18-20(29)23(4,24)22(33-18)26-11-10-16(27)12-19(26)28/h5-11,14-15,18,20,22,25,29,35H,12-13H2,1-4H3/t15-,18+,20+,22+,23+,36?/m0/s1. The third-order valence-electron chi connectivity index (χ3n) is 5.47. The van der Waals surface area contributed by atoms with E-state index in [4.69, 9.17) is 18.5 Å². The van der Waals surface area contributed by atoms with Gasteiger partial charge in [0.1, 0.15) is 24.0 Å². The maximum Gasteiger partial charge on any atom is 0.323 e. The number of carbonyl (C=O) groups excluding carboxylic acids is 3. The van der Waals surface area contributed by atoms with Crippen molar-refractivity contribution >= 4 is 33.3 Å². The van der Waals surface area contributed by atoms with Crippen LogP contribution in [0.15, 0.2) is 42.6 Å². The Hall–Kier alpha value is -2.13. The number of ketones is 1. The molecule has 2 N–H and O–H groups in total. The number of nitrogens with zero attached hydrogens (tertiary/aromatic N) is 1. The number of halogens is 1. The van der Waals surface area contributed by atoms with Crippen LogP contribution < -0.4 is 9.61 Å². The monoisotopic (exact) mass is 544 g/mol. The molecule has 2 heterocycles. The Kier molecular flexibility index (Phi) is 9.09. The zero-order chi connectivity index (χ0) is 26.7. The number of alkyl halides is 1. The van der Waals surface area contributed by atoms with Gasteiger partial charge in [0.15, 0.2) is 17.7 Å². The lowest BCUT2D eigenvalue weighted by atomic mass is 9.97. The number of allylic oxidation sites excluding steroid dienone is 1. The maximum atomic E-state index is 15.5. The predicted octanol–water partition coefficient (Wildman–Crippen LogP) is 2.96. The summed E-state index contributed by atoms with van der Waals surface area (Å²) in [6, 6.07) is 7.82. The Morgan fingerprint density at radius 2 is 2.00 bits per heavy atom. The number of nitrogens with one attached hydrogen (secondary N) is 1. The number of rotatable bonds is 10. The van der Waals surface area contributed by atoms with Crippen LogP contribution >= 0.6 is 15.7 Å². The van der Waals surface area contributed by atoms with Crippen molar-refractivity contribution in [2.24, 2.45) is 0 Å². The largest absolute Gasteiger partial charge is 0.462 e. The highest BCUT2D eigenvalue weighted by Crippen LogP contribution is 2.51. The lowest BCUT2D eigenvalue weighted by Crippen LogP contribution is -2.51. The number of carbonyl (C=O) groups is 3. The van der Waals surface area contributed by atoms with Crippen LogP contribution in [0.5, 0.6) is 5.75 Å². The van der Waals surface area contributed by atoms with Gasteiger partial charge in [0.2, 0.25) is 5.91 Å². The zero-order valence-corrected chi connectivity index (χ0v) is 22.3. The molecular weight excluding hydrogens is 513 g/mol. The van der Waals surface area contributed by atoms with Gasteiger partial charge in [-0.2, -0.15) is 0 Å². The summed E-state index contributed by atoms with van der Waals surface area (Å²) in [5.41, 5.74) is -2.36. The van der Waals surface area contributed by atoms with Gasteiger partial charge in [-0.05, 0) is 54.4 Å². The Morgan fingerprint density at radius 3 is 2.61 bits per heavy atom. The molecule has 1 aromatic rings. The summed E-state index contributed by atoms with van der Waals surface area (Å²) >= 11 is 0. The molecule has 2 aliphatic rings. The van der Waals surface area contributed by atoms with Gasteiger partial charge in [-0.1, -0.05) is 18.2 Å². The van der Waals surface area contributed by atoms with Crippen LogP contribution in [-0.2, 0) is 28.4 Å². The number of esters is 1. The van der Waals surface area contributed by atoms with Crippen LogP contribution in [-0.4, -0.2) is 70.5 Å². The molecule has 6 atom stereocenters. The first kappa shape index (κ1) is 28.4. The van der Waals surface area contributed by atoms with Crippen LogP contribution in [0.25, 0.3) is 0 Å². The lowest BCUT2D eigenvalue weighted by Gasteiger charge is -2.33. The highest BCUT2D eigenvalue weighted by Gasteiger charge is 2.57. The second-order valence-corrected chi connectivity index (χ2v) is 12.5. The molecule has 1 saturated heterocycles. The zero-order valence-electron chi connectivity index (χ0n) is 20.4. The van der Waals surface area contributed by atoms with E-state index in [9.17, 15) is 19.5 Å². The van der Waals surface area contributed by atoms with Crippen LogP contribution in [0, 0.1) is 0 Å². The molecule has 1 aromatic carbocycles. The highest BCUT2D eigenvalue weighted by atomic mass is 31.8. The third kappa shape index (κ3) is 6.79. The van der Waals surface area contributed by atoms with E-state index in [1.807, 2.05) is 0 Å². The van der Waals surface area contributed by atoms with Gasteiger partial charge in [-0.15, -0.1) is 0 Å². The first-order valence-electron chi connectivity index (χ1n) is 11.4. The molecule has 0 radical (unpaired) electrons. The fraction of sp³-hybridized carbons (Fsp3) is 0.522. The molecule has 3 rings (SSSR count). The average Bonchev–Trinajstić information content (AvgIpc) is 3.01. The molecule has 13 heteroatoms. The number of amides is 1. The van der Waals surface area contributed by atoms with E-state index >= 15 is 4.39 Å². The molecular formula is C23H31FN2O8P2. The minimum absolute atomic E-state index is 0.330. The van der Waals surface area contributed by atoms with Crippen LogP contribution in [0.3, 0.4) is 0 Å². The summed E-state index contributed by atoms with van der Waals surface area (Å²) in [6.07, 6.45) is -2.78. The molecule has 0 saturated carbocycles. The Labute approximate surface area is 211 Å². The molecule has 10 nitrogen and oxygen atoms in total. The lowest BCUT2D eigenvalue weighted by molar-refractivity contribution is -0.150. The van der Waals surface area contributed by atoms with E-state index in [0.717, 1.165) is 24.1 Å². The summed E-state index contributed by atoms with van der Waals surface area (Å²) in [5.74, 6) is -1.16. The topological polar surface area (TPSA) is 124 Å². The molecule has 1 unspecified atom stereocenters. The first-order chi connectivity index (χ1) is 16.8. The number of hydrogen-bond acceptors (Lipinski definition) is 8. The highest BCUT2D eigenvalue weighted by molar-refractivity contribution is 7.91. The fourth-order valence-corrected chi connectivity index (χ4v) is 6.34. The van der Waals surface area contributed by atoms with Gasteiger partial charge in [-0.3, -0.25) is 19.3 Å². The number of benzene rings is 1. The molecule has 0 spiro atoms. The summed E-state index contributed by atoms with van der Waals surface area (Å²) in [7, 11) is 0.255. The van der Waals surface area contributed by atoms with Crippen LogP contribution in [0.2, 0.25) is 0 Å². The number of ether oxygens (including phenoxy) is 2. The van der Waals surface area contributed by atoms with Crippen molar-refractivity contribution in [3.05, 3.63) is 42.6 Å². The fourth-order valence-electron chi connectivity index (χ4n) is 3.65. The Bertz CT molecular complexity index is 1050. The van der Waals surface area contributed by atoms with Gasteiger partial charge in [0.25, 0.3) is 7.15 Å². The van der Waals surface area contributed by atoms with Gasteiger partial charge < -0.3 is 23.6 Å². The van der Waals surface area contributed by atoms with E-state index in [1.54, 1.807) is 51.1 Å². The minimum atomic E-state index is -3.24. The molecule has 1 amide bonds. The minimum Gasteiger partial charge on any atom is -0.462 e. The maximum absolute atomic E-state index is 15.5. The van der Waals surface area contributed by atoms with Crippen LogP contribution in [0.1, 0.15) is 34.1 Å². The Morgan fingerprint density at radius 1 is 1.33 bits per heavy atom. The van der Waals surface area contributed by atoms with Crippen molar-refractivity contribution in [3.8, 4) is 5.75 Å². The van der Waals surface area contributed by atoms with Crippen molar-refractivity contribution in [1.82, 2.24) is 9.99 Å². The SMILES string of the molecule is CC(C)OC(=O)[C@H](C)NP(=P)(OC[C@H]1O[C@@H](N2C=CC(=O)CC2=O)[C@](C)(F)[C@@H]1O)Oc1ccccc1. The average molecular weight is 544 g/mol. The molecule has 0 aromatic heterocycles. The Balaban J connectivity index is 1.76. The quantitative estimate of drug-likeness (QED) is 0.260. The second-order valence-electron chi connectivity index (χ2n) is 8.97. The summed E-state index contributed by atoms with van der Waals surface area (Å²) < 4.78 is 38.4. The number of hydrogen-bond donors (Lipinski definition) is 2. The van der Waals surface area contributed by atoms with Crippen molar-refractivity contribution in [1.29, 1.82) is 0 Å². The number of para-hydroxylation sites is 1. The van der Waals surface area contributed by atoms with Gasteiger partial charge in [-0.25, -0.2) is 9.48 Å². The van der Waals surface area contributed by atoms with Crippen molar-refractivity contribution in [2.75, 3.05) is 6.61 Å². The van der Waals surface area contributed by atoms with Crippen LogP contribution in [0.4, 0.5) is 4.39 Å². The molecule has 198 valence electrons. The third-order valence-corrected chi connectivity index (χ3v) is 8.23. The van der Waals surface area contributed by atoms with E-state index in [2.05, 4.69) is 13.6 Å². The second kappa shape index (κ2) is 11.5. The van der Waals surface area contributed by atoms with Gasteiger partial charge in [0, 0.05) is 6.20 Å². The van der Waals surface area contributed by atoms with E-state index in [-0.39, 0.29) is 12.7 Å². The van der Waals surface area contributed by atoms with Crippen molar-refractivity contribution < 1.29 is 42.4 Å². The smallest absolute Gasteiger partial charge is 0.323 e. The molecule has 0 bridgehead atoms. The summed E-state index contributed by atoms with van der Waals surface area (Å²) in [6.45, 7) is 5.77. The van der Waals surface area contributed by atoms with Gasteiger partial charge in [0.05, 0.1) is 19.1 Å². The molecule has 1 fully saturated rings. The van der Waals surface area contributed by atoms with E-state index in [1.165, 1.54) is 0 Å². The number of aliphatic hydroxyl groups excluding tert-OH is 1. The summed E-state index contributed by atoms with van der Waals surface area (Å²) in [5, 5.41) is 13.6. The van der Waals surface area contributed by atoms with Gasteiger partial charge >= 0.3 is 5.97 Å². The normalized spacial score (nSPS) is 28.8. The van der Waals surface area contributed by atoms with Crippen molar-refractivity contribution in [3.63, 3.8) is 0 Å². The predicted molar refractivity (Wildman–Crippen MR) is 132 cm³/mol. The van der Waals surface area contributed by atoms with E-state index in [0.29, 0.717) is 5.75 Å². The number of aliphatic hydroxyl groups is 1. The molecule has 36 heavy (non-hydrogen) atoms. The first-order valence-corrected chi connectivity index (χ1v) is 14.4. The van der Waals surface area contributed by atoms with E-state index < -0.39 is 61.4 Å². The summed E-state index contributed by atoms with van der Waals surface area (Å²) in [4.78, 5) is 37.1. The molecule has 0 aliphatic carbocycles.